The molecule has 3 aromatic rings. The normalized spacial score (nSPS) is 11.4. The van der Waals surface area contributed by atoms with E-state index in [4.69, 9.17) is 25.9 Å². The number of rotatable bonds is 5. The minimum Gasteiger partial charge on any atom is -0.482 e. The highest BCUT2D eigenvalue weighted by Gasteiger charge is 2.12. The van der Waals surface area contributed by atoms with Crippen molar-refractivity contribution < 1.29 is 22.4 Å². The fraction of sp³-hybridized carbons (Fsp3) is 0.111. The van der Waals surface area contributed by atoms with Gasteiger partial charge in [0.2, 0.25) is 10.0 Å². The molecule has 28 heavy (non-hydrogen) atoms. The van der Waals surface area contributed by atoms with Gasteiger partial charge in [0.25, 0.3) is 5.91 Å². The zero-order valence-electron chi connectivity index (χ0n) is 14.6. The molecule has 1 amide bonds. The number of hydrogen-bond donors (Lipinski definition) is 2. The molecule has 1 heterocycles. The van der Waals surface area contributed by atoms with Gasteiger partial charge in [0.05, 0.1) is 9.92 Å². The molecule has 10 heteroatoms. The molecule has 2 aromatic carbocycles. The second-order valence-corrected chi connectivity index (χ2v) is 7.90. The average Bonchev–Trinajstić information content (AvgIpc) is 2.60. The molecule has 0 aliphatic rings. The first-order chi connectivity index (χ1) is 13.1. The maximum Gasteiger partial charge on any atom is 0.336 e. The number of aryl methyl sites for hydroxylation is 1. The average molecular weight is 423 g/mol. The Bertz CT molecular complexity index is 1220. The monoisotopic (exact) mass is 422 g/mol. The summed E-state index contributed by atoms with van der Waals surface area (Å²) in [6, 6.07) is 9.74. The topological polar surface area (TPSA) is 129 Å². The van der Waals surface area contributed by atoms with E-state index >= 15 is 0 Å². The lowest BCUT2D eigenvalue weighted by Gasteiger charge is -2.10. The Morgan fingerprint density at radius 2 is 1.89 bits per heavy atom. The predicted molar refractivity (Wildman–Crippen MR) is 104 cm³/mol. The summed E-state index contributed by atoms with van der Waals surface area (Å²) in [6.07, 6.45) is 0. The van der Waals surface area contributed by atoms with E-state index in [-0.39, 0.29) is 22.3 Å². The van der Waals surface area contributed by atoms with Crippen molar-refractivity contribution in [3.63, 3.8) is 0 Å². The van der Waals surface area contributed by atoms with Crippen LogP contribution in [0.25, 0.3) is 11.0 Å². The Kier molecular flexibility index (Phi) is 5.41. The molecule has 0 aliphatic heterocycles. The summed E-state index contributed by atoms with van der Waals surface area (Å²) in [5.41, 5.74) is 0.870. The summed E-state index contributed by atoms with van der Waals surface area (Å²) >= 11 is 6.17. The van der Waals surface area contributed by atoms with Gasteiger partial charge in [0.15, 0.2) is 6.61 Å². The van der Waals surface area contributed by atoms with Crippen molar-refractivity contribution >= 4 is 44.2 Å². The largest absolute Gasteiger partial charge is 0.482 e. The molecular formula is C18H15ClN2O6S. The number of carbonyl (C=O) groups is 1. The standard InChI is InChI=1S/C18H15ClN2O6S/c1-10-6-18(23)27-15-8-16(14(19)7-13(10)15)26-9-17(22)21-11-2-4-12(5-3-11)28(20,24)25/h2-8H,9H2,1H3,(H,21,22)(H2,20,24,25). The van der Waals surface area contributed by atoms with E-state index in [1.54, 1.807) is 13.0 Å². The maximum atomic E-state index is 12.1. The number of hydrogen-bond acceptors (Lipinski definition) is 6. The summed E-state index contributed by atoms with van der Waals surface area (Å²) in [4.78, 5) is 23.5. The van der Waals surface area contributed by atoms with Crippen LogP contribution in [0.3, 0.4) is 0 Å². The Morgan fingerprint density at radius 3 is 2.54 bits per heavy atom. The predicted octanol–water partition coefficient (Wildman–Crippen LogP) is 2.42. The second kappa shape index (κ2) is 7.63. The van der Waals surface area contributed by atoms with Crippen LogP contribution in [-0.4, -0.2) is 20.9 Å². The van der Waals surface area contributed by atoms with Crippen LogP contribution in [0.15, 0.2) is 56.6 Å². The van der Waals surface area contributed by atoms with Crippen molar-refractivity contribution in [1.29, 1.82) is 0 Å². The zero-order chi connectivity index (χ0) is 20.5. The van der Waals surface area contributed by atoms with E-state index in [0.29, 0.717) is 22.2 Å². The lowest BCUT2D eigenvalue weighted by molar-refractivity contribution is -0.118. The molecule has 0 unspecified atom stereocenters. The van der Waals surface area contributed by atoms with E-state index in [1.165, 1.54) is 36.4 Å². The quantitative estimate of drug-likeness (QED) is 0.607. The van der Waals surface area contributed by atoms with Gasteiger partial charge in [-0.1, -0.05) is 11.6 Å². The van der Waals surface area contributed by atoms with Crippen LogP contribution in [0, 0.1) is 6.92 Å². The number of primary sulfonamides is 1. The zero-order valence-corrected chi connectivity index (χ0v) is 16.1. The summed E-state index contributed by atoms with van der Waals surface area (Å²) in [5, 5.41) is 8.49. The summed E-state index contributed by atoms with van der Waals surface area (Å²) < 4.78 is 33.0. The number of fused-ring (bicyclic) bond motifs is 1. The van der Waals surface area contributed by atoms with E-state index < -0.39 is 21.6 Å². The van der Waals surface area contributed by atoms with Gasteiger partial charge in [0, 0.05) is 23.2 Å². The van der Waals surface area contributed by atoms with Crippen LogP contribution in [0.1, 0.15) is 5.56 Å². The Balaban J connectivity index is 1.70. The Hall–Kier alpha value is -2.88. The molecule has 0 radical (unpaired) electrons. The van der Waals surface area contributed by atoms with Crippen molar-refractivity contribution in [3.05, 3.63) is 63.5 Å². The van der Waals surface area contributed by atoms with Gasteiger partial charge in [-0.2, -0.15) is 0 Å². The summed E-state index contributed by atoms with van der Waals surface area (Å²) in [6.45, 7) is 1.39. The molecule has 0 saturated heterocycles. The number of halogens is 1. The molecule has 3 N–H and O–H groups in total. The van der Waals surface area contributed by atoms with Gasteiger partial charge in [-0.25, -0.2) is 18.4 Å². The Morgan fingerprint density at radius 1 is 1.21 bits per heavy atom. The lowest BCUT2D eigenvalue weighted by atomic mass is 10.1. The van der Waals surface area contributed by atoms with Crippen molar-refractivity contribution in [2.75, 3.05) is 11.9 Å². The van der Waals surface area contributed by atoms with Gasteiger partial charge in [-0.3, -0.25) is 4.79 Å². The molecule has 0 bridgehead atoms. The van der Waals surface area contributed by atoms with Crippen LogP contribution in [0.4, 0.5) is 5.69 Å². The van der Waals surface area contributed by atoms with Crippen molar-refractivity contribution in [1.82, 2.24) is 0 Å². The number of nitrogens with two attached hydrogens (primary N) is 1. The molecule has 0 atom stereocenters. The van der Waals surface area contributed by atoms with Crippen LogP contribution >= 0.6 is 11.6 Å². The number of carbonyl (C=O) groups excluding carboxylic acids is 1. The minimum absolute atomic E-state index is 0.0681. The molecule has 1 aromatic heterocycles. The van der Waals surface area contributed by atoms with Crippen molar-refractivity contribution in [2.24, 2.45) is 5.14 Å². The number of anilines is 1. The van der Waals surface area contributed by atoms with Gasteiger partial charge in [-0.05, 0) is 42.8 Å². The van der Waals surface area contributed by atoms with Crippen molar-refractivity contribution in [2.45, 2.75) is 11.8 Å². The number of ether oxygens (including phenoxy) is 1. The minimum atomic E-state index is -3.81. The van der Waals surface area contributed by atoms with E-state index in [9.17, 15) is 18.0 Å². The molecule has 0 fully saturated rings. The Labute approximate surface area is 164 Å². The first-order valence-corrected chi connectivity index (χ1v) is 9.85. The van der Waals surface area contributed by atoms with Crippen LogP contribution in [-0.2, 0) is 14.8 Å². The van der Waals surface area contributed by atoms with Gasteiger partial charge < -0.3 is 14.5 Å². The maximum absolute atomic E-state index is 12.1. The van der Waals surface area contributed by atoms with Crippen LogP contribution < -0.4 is 20.8 Å². The fourth-order valence-electron chi connectivity index (χ4n) is 2.50. The van der Waals surface area contributed by atoms with Gasteiger partial charge >= 0.3 is 5.63 Å². The summed E-state index contributed by atoms with van der Waals surface area (Å²) in [7, 11) is -3.81. The van der Waals surface area contributed by atoms with E-state index in [0.717, 1.165) is 0 Å². The SMILES string of the molecule is Cc1cc(=O)oc2cc(OCC(=O)Nc3ccc(S(N)(=O)=O)cc3)c(Cl)cc12. The molecule has 0 spiro atoms. The number of benzene rings is 2. The first-order valence-electron chi connectivity index (χ1n) is 7.93. The smallest absolute Gasteiger partial charge is 0.336 e. The van der Waals surface area contributed by atoms with Crippen molar-refractivity contribution in [3.8, 4) is 5.75 Å². The van der Waals surface area contributed by atoms with E-state index in [1.807, 2.05) is 0 Å². The summed E-state index contributed by atoms with van der Waals surface area (Å²) in [5.74, 6) is -0.312. The van der Waals surface area contributed by atoms with Gasteiger partial charge in [-0.15, -0.1) is 0 Å². The van der Waals surface area contributed by atoms with Crippen LogP contribution in [0.5, 0.6) is 5.75 Å². The number of amides is 1. The lowest BCUT2D eigenvalue weighted by Crippen LogP contribution is -2.20. The van der Waals surface area contributed by atoms with E-state index in [2.05, 4.69) is 5.32 Å². The molecule has 8 nitrogen and oxygen atoms in total. The fourth-order valence-corrected chi connectivity index (χ4v) is 3.23. The molecule has 0 aliphatic carbocycles. The van der Waals surface area contributed by atoms with Gasteiger partial charge in [0.1, 0.15) is 11.3 Å². The molecule has 146 valence electrons. The van der Waals surface area contributed by atoms with Crippen LogP contribution in [0.2, 0.25) is 5.02 Å². The second-order valence-electron chi connectivity index (χ2n) is 5.93. The highest BCUT2D eigenvalue weighted by atomic mass is 35.5. The molecule has 3 rings (SSSR count). The third-order valence-corrected chi connectivity index (χ3v) is 5.05. The number of sulfonamides is 1. The molecule has 0 saturated carbocycles. The number of nitrogens with one attached hydrogen (secondary N) is 1. The highest BCUT2D eigenvalue weighted by Crippen LogP contribution is 2.31. The molecular weight excluding hydrogens is 408 g/mol. The third-order valence-electron chi connectivity index (χ3n) is 3.83. The third kappa shape index (κ3) is 4.50. The first kappa shape index (κ1) is 19.9. The highest BCUT2D eigenvalue weighted by molar-refractivity contribution is 7.89.